The van der Waals surface area contributed by atoms with Gasteiger partial charge in [0.15, 0.2) is 0 Å². The molecule has 1 aliphatic heterocycles. The molecule has 0 saturated carbocycles. The first-order valence-electron chi connectivity index (χ1n) is 8.37. The summed E-state index contributed by atoms with van der Waals surface area (Å²) >= 11 is 0. The molecule has 1 amide bonds. The van der Waals surface area contributed by atoms with Crippen LogP contribution >= 0.6 is 0 Å². The van der Waals surface area contributed by atoms with Crippen molar-refractivity contribution < 1.29 is 9.53 Å². The standard InChI is InChI=1S/C18H24N4O2/c1-21-17(16(13-20-21)14-22-9-11-24-12-10-22)18(23)19-8-7-15-5-3-2-4-6-15/h2-6,13H,7-12,14H2,1H3,(H,19,23). The maximum Gasteiger partial charge on any atom is 0.269 e. The van der Waals surface area contributed by atoms with E-state index in [1.54, 1.807) is 10.9 Å². The summed E-state index contributed by atoms with van der Waals surface area (Å²) in [4.78, 5) is 14.9. The summed E-state index contributed by atoms with van der Waals surface area (Å²) in [6.07, 6.45) is 2.62. The van der Waals surface area contributed by atoms with Crippen molar-refractivity contribution in [1.82, 2.24) is 20.0 Å². The zero-order valence-electron chi connectivity index (χ0n) is 14.1. The molecule has 2 aromatic rings. The Morgan fingerprint density at radius 1 is 1.25 bits per heavy atom. The van der Waals surface area contributed by atoms with Crippen LogP contribution in [-0.4, -0.2) is 53.4 Å². The molecule has 0 aliphatic carbocycles. The fraction of sp³-hybridized carbons (Fsp3) is 0.444. The topological polar surface area (TPSA) is 59.4 Å². The highest BCUT2D eigenvalue weighted by atomic mass is 16.5. The van der Waals surface area contributed by atoms with Crippen molar-refractivity contribution in [3.05, 3.63) is 53.3 Å². The lowest BCUT2D eigenvalue weighted by Crippen LogP contribution is -2.36. The minimum atomic E-state index is -0.0609. The number of hydrogen-bond acceptors (Lipinski definition) is 4. The zero-order valence-corrected chi connectivity index (χ0v) is 14.1. The molecule has 0 radical (unpaired) electrons. The Morgan fingerprint density at radius 2 is 2.00 bits per heavy atom. The Hall–Kier alpha value is -2.18. The van der Waals surface area contributed by atoms with Gasteiger partial charge in [0.25, 0.3) is 5.91 Å². The largest absolute Gasteiger partial charge is 0.379 e. The van der Waals surface area contributed by atoms with Crippen LogP contribution in [0.3, 0.4) is 0 Å². The molecular weight excluding hydrogens is 304 g/mol. The number of amides is 1. The van der Waals surface area contributed by atoms with Crippen molar-refractivity contribution in [1.29, 1.82) is 0 Å². The van der Waals surface area contributed by atoms with Gasteiger partial charge in [0.1, 0.15) is 5.69 Å². The summed E-state index contributed by atoms with van der Waals surface area (Å²) in [7, 11) is 1.81. The van der Waals surface area contributed by atoms with E-state index in [9.17, 15) is 4.79 Å². The van der Waals surface area contributed by atoms with Gasteiger partial charge in [-0.05, 0) is 12.0 Å². The van der Waals surface area contributed by atoms with Crippen LogP contribution in [0.1, 0.15) is 21.6 Å². The van der Waals surface area contributed by atoms with Crippen molar-refractivity contribution in [2.24, 2.45) is 7.05 Å². The number of benzene rings is 1. The molecule has 2 heterocycles. The van der Waals surface area contributed by atoms with E-state index in [4.69, 9.17) is 4.74 Å². The van der Waals surface area contributed by atoms with Gasteiger partial charge in [0.05, 0.1) is 19.4 Å². The number of carbonyl (C=O) groups excluding carboxylic acids is 1. The maximum atomic E-state index is 12.6. The van der Waals surface area contributed by atoms with Crippen LogP contribution in [0.5, 0.6) is 0 Å². The first kappa shape index (κ1) is 16.7. The van der Waals surface area contributed by atoms with E-state index in [0.717, 1.165) is 44.8 Å². The van der Waals surface area contributed by atoms with Gasteiger partial charge in [-0.1, -0.05) is 30.3 Å². The molecular formula is C18H24N4O2. The quantitative estimate of drug-likeness (QED) is 0.866. The first-order valence-corrected chi connectivity index (χ1v) is 8.37. The van der Waals surface area contributed by atoms with Crippen LogP contribution in [0.4, 0.5) is 0 Å². The number of rotatable bonds is 6. The molecule has 128 valence electrons. The van der Waals surface area contributed by atoms with E-state index in [1.165, 1.54) is 5.56 Å². The lowest BCUT2D eigenvalue weighted by Gasteiger charge is -2.26. The third-order valence-corrected chi connectivity index (χ3v) is 4.27. The van der Waals surface area contributed by atoms with Gasteiger partial charge in [-0.2, -0.15) is 5.10 Å². The minimum Gasteiger partial charge on any atom is -0.379 e. The van der Waals surface area contributed by atoms with Crippen molar-refractivity contribution in [3.63, 3.8) is 0 Å². The fourth-order valence-electron chi connectivity index (χ4n) is 2.94. The molecule has 1 N–H and O–H groups in total. The normalized spacial score (nSPS) is 15.4. The Labute approximate surface area is 142 Å². The monoisotopic (exact) mass is 328 g/mol. The van der Waals surface area contributed by atoms with Gasteiger partial charge in [-0.25, -0.2) is 0 Å². The second-order valence-corrected chi connectivity index (χ2v) is 6.02. The van der Waals surface area contributed by atoms with Crippen molar-refractivity contribution in [3.8, 4) is 0 Å². The van der Waals surface area contributed by atoms with E-state index in [-0.39, 0.29) is 5.91 Å². The number of hydrogen-bond donors (Lipinski definition) is 1. The predicted octanol–water partition coefficient (Wildman–Crippen LogP) is 1.22. The molecule has 3 rings (SSSR count). The van der Waals surface area contributed by atoms with E-state index in [2.05, 4.69) is 27.4 Å². The Bertz CT molecular complexity index is 663. The second-order valence-electron chi connectivity index (χ2n) is 6.02. The number of carbonyl (C=O) groups is 1. The molecule has 6 heteroatoms. The summed E-state index contributed by atoms with van der Waals surface area (Å²) in [6, 6.07) is 10.2. The number of aromatic nitrogens is 2. The summed E-state index contributed by atoms with van der Waals surface area (Å²) in [5, 5.41) is 7.28. The zero-order chi connectivity index (χ0) is 16.8. The smallest absolute Gasteiger partial charge is 0.269 e. The maximum absolute atomic E-state index is 12.6. The summed E-state index contributed by atoms with van der Waals surface area (Å²) in [5.41, 5.74) is 2.84. The molecule has 1 aromatic carbocycles. The fourth-order valence-corrected chi connectivity index (χ4v) is 2.94. The van der Waals surface area contributed by atoms with Crippen molar-refractivity contribution in [2.75, 3.05) is 32.8 Å². The van der Waals surface area contributed by atoms with Crippen LogP contribution in [0.15, 0.2) is 36.5 Å². The van der Waals surface area contributed by atoms with Crippen LogP contribution in [0.2, 0.25) is 0 Å². The van der Waals surface area contributed by atoms with E-state index < -0.39 is 0 Å². The number of morpholine rings is 1. The average Bonchev–Trinajstić information content (AvgIpc) is 2.97. The SMILES string of the molecule is Cn1ncc(CN2CCOCC2)c1C(=O)NCCc1ccccc1. The molecule has 1 aromatic heterocycles. The number of aryl methyl sites for hydroxylation is 1. The van der Waals surface area contributed by atoms with Gasteiger partial charge in [0, 0.05) is 38.8 Å². The number of nitrogens with one attached hydrogen (secondary N) is 1. The molecule has 1 fully saturated rings. The van der Waals surface area contributed by atoms with Crippen LogP contribution in [0, 0.1) is 0 Å². The second kappa shape index (κ2) is 8.08. The van der Waals surface area contributed by atoms with Gasteiger partial charge in [-0.15, -0.1) is 0 Å². The van der Waals surface area contributed by atoms with E-state index in [0.29, 0.717) is 12.2 Å². The lowest BCUT2D eigenvalue weighted by atomic mass is 10.1. The number of ether oxygens (including phenoxy) is 1. The van der Waals surface area contributed by atoms with Crippen LogP contribution in [0.25, 0.3) is 0 Å². The van der Waals surface area contributed by atoms with Gasteiger partial charge in [-0.3, -0.25) is 14.4 Å². The molecule has 0 spiro atoms. The Balaban J connectivity index is 1.58. The van der Waals surface area contributed by atoms with Gasteiger partial charge in [0.2, 0.25) is 0 Å². The van der Waals surface area contributed by atoms with Gasteiger partial charge >= 0.3 is 0 Å². The molecule has 1 aliphatic rings. The molecule has 0 atom stereocenters. The highest BCUT2D eigenvalue weighted by molar-refractivity contribution is 5.93. The predicted molar refractivity (Wildman–Crippen MR) is 91.8 cm³/mol. The highest BCUT2D eigenvalue weighted by Gasteiger charge is 2.19. The third-order valence-electron chi connectivity index (χ3n) is 4.27. The highest BCUT2D eigenvalue weighted by Crippen LogP contribution is 2.12. The summed E-state index contributed by atoms with van der Waals surface area (Å²) < 4.78 is 7.03. The first-order chi connectivity index (χ1) is 11.7. The lowest BCUT2D eigenvalue weighted by molar-refractivity contribution is 0.0340. The molecule has 0 unspecified atom stereocenters. The van der Waals surface area contributed by atoms with E-state index in [1.807, 2.05) is 25.2 Å². The molecule has 1 saturated heterocycles. The number of nitrogens with zero attached hydrogens (tertiary/aromatic N) is 3. The molecule has 6 nitrogen and oxygen atoms in total. The van der Waals surface area contributed by atoms with Crippen molar-refractivity contribution >= 4 is 5.91 Å². The average molecular weight is 328 g/mol. The summed E-state index contributed by atoms with van der Waals surface area (Å²) in [6.45, 7) is 4.63. The minimum absolute atomic E-state index is 0.0609. The Morgan fingerprint density at radius 3 is 2.75 bits per heavy atom. The van der Waals surface area contributed by atoms with Crippen molar-refractivity contribution in [2.45, 2.75) is 13.0 Å². The third kappa shape index (κ3) is 4.21. The molecule has 24 heavy (non-hydrogen) atoms. The van der Waals surface area contributed by atoms with Crippen LogP contribution in [-0.2, 0) is 24.8 Å². The molecule has 0 bridgehead atoms. The van der Waals surface area contributed by atoms with E-state index >= 15 is 0 Å². The van der Waals surface area contributed by atoms with Crippen LogP contribution < -0.4 is 5.32 Å². The van der Waals surface area contributed by atoms with Gasteiger partial charge < -0.3 is 10.1 Å². The summed E-state index contributed by atoms with van der Waals surface area (Å²) in [5.74, 6) is -0.0609. The Kier molecular flexibility index (Phi) is 5.61.